The number of amides is 1. The van der Waals surface area contributed by atoms with Gasteiger partial charge in [0.05, 0.1) is 11.1 Å². The number of hydrogen-bond donors (Lipinski definition) is 0. The van der Waals surface area contributed by atoms with Gasteiger partial charge in [-0.05, 0) is 6.07 Å². The predicted octanol–water partition coefficient (Wildman–Crippen LogP) is 3.89. The lowest BCUT2D eigenvalue weighted by Crippen LogP contribution is -2.34. The van der Waals surface area contributed by atoms with E-state index < -0.39 is 0 Å². The molecule has 29 heavy (non-hydrogen) atoms. The molecular formula is C22H18N4O2S. The third-order valence-electron chi connectivity index (χ3n) is 4.51. The average molecular weight is 402 g/mol. The van der Waals surface area contributed by atoms with Gasteiger partial charge in [0, 0.05) is 29.9 Å². The summed E-state index contributed by atoms with van der Waals surface area (Å²) >= 11 is 1.38. The van der Waals surface area contributed by atoms with Crippen molar-refractivity contribution in [3.8, 4) is 11.3 Å². The lowest BCUT2D eigenvalue weighted by Gasteiger charge is -2.18. The first-order valence-electron chi connectivity index (χ1n) is 9.00. The summed E-state index contributed by atoms with van der Waals surface area (Å²) in [5.41, 5.74) is 1.74. The number of benzene rings is 2. The van der Waals surface area contributed by atoms with Crippen LogP contribution in [0.2, 0.25) is 0 Å². The number of carbonyl (C=O) groups excluding carboxylic acids is 1. The molecule has 0 spiro atoms. The molecule has 0 N–H and O–H groups in total. The van der Waals surface area contributed by atoms with Crippen molar-refractivity contribution in [1.29, 1.82) is 0 Å². The second kappa shape index (κ2) is 7.81. The topological polar surface area (TPSA) is 68.1 Å². The Morgan fingerprint density at radius 1 is 1.14 bits per heavy atom. The predicted molar refractivity (Wildman–Crippen MR) is 116 cm³/mol. The van der Waals surface area contributed by atoms with Gasteiger partial charge in [-0.15, -0.1) is 17.9 Å². The number of anilines is 1. The zero-order chi connectivity index (χ0) is 20.4. The van der Waals surface area contributed by atoms with Gasteiger partial charge in [0.2, 0.25) is 0 Å². The van der Waals surface area contributed by atoms with Gasteiger partial charge in [-0.25, -0.2) is 9.67 Å². The maximum atomic E-state index is 13.4. The van der Waals surface area contributed by atoms with Gasteiger partial charge < -0.3 is 0 Å². The van der Waals surface area contributed by atoms with Crippen LogP contribution in [0.15, 0.2) is 77.4 Å². The van der Waals surface area contributed by atoms with Crippen LogP contribution in [0, 0.1) is 0 Å². The highest BCUT2D eigenvalue weighted by Gasteiger charge is 2.24. The second-order valence-corrected chi connectivity index (χ2v) is 7.25. The Morgan fingerprint density at radius 3 is 2.55 bits per heavy atom. The van der Waals surface area contributed by atoms with Crippen molar-refractivity contribution in [2.45, 2.75) is 0 Å². The van der Waals surface area contributed by atoms with E-state index in [2.05, 4.69) is 16.7 Å². The number of rotatable bonds is 5. The molecule has 2 aromatic carbocycles. The smallest absolute Gasteiger partial charge is 0.279 e. The molecule has 2 aromatic heterocycles. The van der Waals surface area contributed by atoms with E-state index in [0.717, 1.165) is 11.3 Å². The minimum atomic E-state index is -0.328. The van der Waals surface area contributed by atoms with Crippen LogP contribution in [-0.4, -0.2) is 27.2 Å². The van der Waals surface area contributed by atoms with Crippen LogP contribution in [0.25, 0.3) is 22.0 Å². The molecule has 0 bridgehead atoms. The zero-order valence-corrected chi connectivity index (χ0v) is 16.6. The highest BCUT2D eigenvalue weighted by molar-refractivity contribution is 7.14. The van der Waals surface area contributed by atoms with E-state index >= 15 is 0 Å². The summed E-state index contributed by atoms with van der Waals surface area (Å²) in [5.74, 6) is -0.328. The van der Waals surface area contributed by atoms with E-state index in [1.807, 2.05) is 35.7 Å². The molecule has 6 nitrogen and oxygen atoms in total. The van der Waals surface area contributed by atoms with Crippen molar-refractivity contribution in [1.82, 2.24) is 14.8 Å². The largest absolute Gasteiger partial charge is 0.281 e. The Hall–Kier alpha value is -3.58. The maximum absolute atomic E-state index is 13.4. The zero-order valence-electron chi connectivity index (χ0n) is 15.8. The third kappa shape index (κ3) is 3.48. The van der Waals surface area contributed by atoms with E-state index in [0.29, 0.717) is 15.9 Å². The van der Waals surface area contributed by atoms with Gasteiger partial charge in [0.25, 0.3) is 11.5 Å². The van der Waals surface area contributed by atoms with Crippen LogP contribution in [0.4, 0.5) is 5.13 Å². The van der Waals surface area contributed by atoms with Crippen molar-refractivity contribution in [3.05, 3.63) is 88.7 Å². The van der Waals surface area contributed by atoms with Crippen molar-refractivity contribution >= 4 is 33.1 Å². The lowest BCUT2D eigenvalue weighted by molar-refractivity contribution is 0.0984. The standard InChI is InChI=1S/C22H18N4O2S/c1-3-13-26(22-23-18(14-29-22)15-9-5-4-6-10-15)21(28)19-16-11-7-8-12-17(16)20(27)25(2)24-19/h3-12,14H,1,13H2,2H3. The quantitative estimate of drug-likeness (QED) is 0.475. The fourth-order valence-corrected chi connectivity index (χ4v) is 3.93. The summed E-state index contributed by atoms with van der Waals surface area (Å²) in [5, 5.41) is 7.69. The first-order chi connectivity index (χ1) is 14.1. The Bertz CT molecular complexity index is 1260. The summed E-state index contributed by atoms with van der Waals surface area (Å²) < 4.78 is 1.19. The minimum absolute atomic E-state index is 0.209. The molecule has 0 unspecified atom stereocenters. The van der Waals surface area contributed by atoms with Gasteiger partial charge in [-0.3, -0.25) is 14.5 Å². The summed E-state index contributed by atoms with van der Waals surface area (Å²) in [6, 6.07) is 16.8. The molecular weight excluding hydrogens is 384 g/mol. The van der Waals surface area contributed by atoms with Crippen molar-refractivity contribution in [2.75, 3.05) is 11.4 Å². The molecule has 0 aliphatic carbocycles. The molecule has 1 amide bonds. The number of fused-ring (bicyclic) bond motifs is 1. The molecule has 0 aliphatic rings. The Balaban J connectivity index is 1.79. The molecule has 0 saturated heterocycles. The highest BCUT2D eigenvalue weighted by atomic mass is 32.1. The Morgan fingerprint density at radius 2 is 1.83 bits per heavy atom. The fourth-order valence-electron chi connectivity index (χ4n) is 3.09. The van der Waals surface area contributed by atoms with Crippen LogP contribution in [-0.2, 0) is 7.05 Å². The number of carbonyl (C=O) groups is 1. The molecule has 0 fully saturated rings. The molecule has 0 saturated carbocycles. The van der Waals surface area contributed by atoms with E-state index in [4.69, 9.17) is 0 Å². The lowest BCUT2D eigenvalue weighted by atomic mass is 10.1. The molecule has 0 aliphatic heterocycles. The monoisotopic (exact) mass is 402 g/mol. The van der Waals surface area contributed by atoms with Gasteiger partial charge in [0.1, 0.15) is 0 Å². The van der Waals surface area contributed by atoms with Crippen LogP contribution in [0.1, 0.15) is 10.5 Å². The van der Waals surface area contributed by atoms with E-state index in [1.54, 1.807) is 37.4 Å². The second-order valence-electron chi connectivity index (χ2n) is 6.41. The summed E-state index contributed by atoms with van der Waals surface area (Å²) in [4.78, 5) is 32.0. The Kier molecular flexibility index (Phi) is 5.05. The SMILES string of the molecule is C=CCN(C(=O)c1nn(C)c(=O)c2ccccc12)c1nc(-c2ccccc2)cs1. The number of hydrogen-bond acceptors (Lipinski definition) is 5. The average Bonchev–Trinajstić information content (AvgIpc) is 3.25. The van der Waals surface area contributed by atoms with Crippen LogP contribution in [0.3, 0.4) is 0 Å². The first kappa shape index (κ1) is 18.8. The molecule has 144 valence electrons. The molecule has 2 heterocycles. The van der Waals surface area contributed by atoms with Gasteiger partial charge in [0.15, 0.2) is 10.8 Å². The first-order valence-corrected chi connectivity index (χ1v) is 9.88. The molecule has 0 radical (unpaired) electrons. The van der Waals surface area contributed by atoms with Crippen LogP contribution in [0.5, 0.6) is 0 Å². The van der Waals surface area contributed by atoms with Gasteiger partial charge >= 0.3 is 0 Å². The van der Waals surface area contributed by atoms with Crippen molar-refractivity contribution in [3.63, 3.8) is 0 Å². The Labute approximate surface area is 171 Å². The van der Waals surface area contributed by atoms with Crippen LogP contribution >= 0.6 is 11.3 Å². The van der Waals surface area contributed by atoms with Crippen LogP contribution < -0.4 is 10.5 Å². The molecule has 7 heteroatoms. The van der Waals surface area contributed by atoms with E-state index in [9.17, 15) is 9.59 Å². The maximum Gasteiger partial charge on any atom is 0.281 e. The number of aromatic nitrogens is 3. The number of aryl methyl sites for hydroxylation is 1. The fraction of sp³-hybridized carbons (Fsp3) is 0.0909. The highest BCUT2D eigenvalue weighted by Crippen LogP contribution is 2.29. The number of nitrogens with zero attached hydrogens (tertiary/aromatic N) is 4. The summed E-state index contributed by atoms with van der Waals surface area (Å²) in [6.45, 7) is 4.05. The normalized spacial score (nSPS) is 10.8. The van der Waals surface area contributed by atoms with Gasteiger partial charge in [-0.2, -0.15) is 5.10 Å². The van der Waals surface area contributed by atoms with Gasteiger partial charge in [-0.1, -0.05) is 54.6 Å². The van der Waals surface area contributed by atoms with E-state index in [1.165, 1.54) is 20.9 Å². The van der Waals surface area contributed by atoms with E-state index in [-0.39, 0.29) is 23.7 Å². The minimum Gasteiger partial charge on any atom is -0.279 e. The molecule has 4 rings (SSSR count). The van der Waals surface area contributed by atoms with Crippen molar-refractivity contribution < 1.29 is 4.79 Å². The number of thiazole rings is 1. The summed E-state index contributed by atoms with van der Waals surface area (Å²) in [7, 11) is 1.54. The molecule has 0 atom stereocenters. The molecule has 4 aromatic rings. The summed E-state index contributed by atoms with van der Waals surface area (Å²) in [6.07, 6.45) is 1.64. The third-order valence-corrected chi connectivity index (χ3v) is 5.37. The van der Waals surface area contributed by atoms with Crippen molar-refractivity contribution in [2.24, 2.45) is 7.05 Å².